The van der Waals surface area contributed by atoms with Crippen LogP contribution in [0.5, 0.6) is 5.75 Å². The van der Waals surface area contributed by atoms with Gasteiger partial charge in [0.15, 0.2) is 0 Å². The number of ether oxygens (including phenoxy) is 1. The van der Waals surface area contributed by atoms with Crippen molar-refractivity contribution in [3.63, 3.8) is 0 Å². The van der Waals surface area contributed by atoms with E-state index in [1.165, 1.54) is 30.4 Å². The van der Waals surface area contributed by atoms with E-state index in [1.54, 1.807) is 24.3 Å². The summed E-state index contributed by atoms with van der Waals surface area (Å²) in [7, 11) is -2.43. The van der Waals surface area contributed by atoms with E-state index in [0.29, 0.717) is 18.0 Å². The molecule has 3 rings (SSSR count). The highest BCUT2D eigenvalue weighted by Gasteiger charge is 2.27. The predicted molar refractivity (Wildman–Crippen MR) is 144 cm³/mol. The maximum absolute atomic E-state index is 13.4. The first kappa shape index (κ1) is 26.6. The van der Waals surface area contributed by atoms with Gasteiger partial charge in [0.1, 0.15) is 12.3 Å². The van der Waals surface area contributed by atoms with Crippen LogP contribution in [0.1, 0.15) is 23.1 Å². The maximum Gasteiger partial charge on any atom is 0.264 e. The Kier molecular flexibility index (Phi) is 9.63. The molecule has 3 aromatic rings. The molecule has 0 atom stereocenters. The summed E-state index contributed by atoms with van der Waals surface area (Å²) in [6, 6.07) is 21.7. The van der Waals surface area contributed by atoms with Crippen LogP contribution in [-0.4, -0.2) is 40.3 Å². The van der Waals surface area contributed by atoms with Crippen LogP contribution < -0.4 is 14.4 Å². The zero-order valence-corrected chi connectivity index (χ0v) is 22.0. The van der Waals surface area contributed by atoms with Gasteiger partial charge in [-0.1, -0.05) is 47.5 Å². The first-order chi connectivity index (χ1) is 16.8. The minimum Gasteiger partial charge on any atom is -0.497 e. The van der Waals surface area contributed by atoms with Crippen molar-refractivity contribution in [2.75, 3.05) is 30.3 Å². The van der Waals surface area contributed by atoms with Gasteiger partial charge in [0, 0.05) is 12.3 Å². The number of nitrogens with zero attached hydrogens (tertiary/aromatic N) is 1. The zero-order valence-electron chi connectivity index (χ0n) is 20.4. The molecule has 186 valence electrons. The first-order valence-electron chi connectivity index (χ1n) is 11.4. The molecular weight excluding hydrogens is 480 g/mol. The summed E-state index contributed by atoms with van der Waals surface area (Å²) >= 11 is 1.81. The van der Waals surface area contributed by atoms with Crippen molar-refractivity contribution in [1.29, 1.82) is 0 Å². The van der Waals surface area contributed by atoms with Crippen LogP contribution in [0.15, 0.2) is 77.7 Å². The van der Waals surface area contributed by atoms with Gasteiger partial charge in [-0.25, -0.2) is 8.42 Å². The molecule has 0 aromatic heterocycles. The number of rotatable bonds is 12. The third-order valence-corrected chi connectivity index (χ3v) is 8.34. The number of aryl methyl sites for hydroxylation is 2. The minimum atomic E-state index is -3.95. The van der Waals surface area contributed by atoms with Gasteiger partial charge in [-0.05, 0) is 68.0 Å². The van der Waals surface area contributed by atoms with Crippen LogP contribution in [0.25, 0.3) is 0 Å². The molecule has 0 aliphatic heterocycles. The van der Waals surface area contributed by atoms with Crippen molar-refractivity contribution < 1.29 is 17.9 Å². The highest BCUT2D eigenvalue weighted by Crippen LogP contribution is 2.25. The van der Waals surface area contributed by atoms with E-state index >= 15 is 0 Å². The van der Waals surface area contributed by atoms with Gasteiger partial charge in [0.05, 0.1) is 17.7 Å². The molecular formula is C27H32N2O4S2. The Labute approximate surface area is 212 Å². The van der Waals surface area contributed by atoms with E-state index in [-0.39, 0.29) is 17.3 Å². The molecule has 0 spiro atoms. The van der Waals surface area contributed by atoms with Crippen LogP contribution in [0.4, 0.5) is 5.69 Å². The lowest BCUT2D eigenvalue weighted by atomic mass is 10.2. The number of benzene rings is 3. The smallest absolute Gasteiger partial charge is 0.264 e. The summed E-state index contributed by atoms with van der Waals surface area (Å²) in [6.07, 6.45) is 0.804. The Bertz CT molecular complexity index is 1190. The lowest BCUT2D eigenvalue weighted by molar-refractivity contribution is -0.119. The summed E-state index contributed by atoms with van der Waals surface area (Å²) in [6.45, 7) is 4.19. The summed E-state index contributed by atoms with van der Waals surface area (Å²) in [5.41, 5.74) is 3.97. The number of carbonyl (C=O) groups excluding carboxylic acids is 1. The first-order valence-corrected chi connectivity index (χ1v) is 14.0. The van der Waals surface area contributed by atoms with E-state index < -0.39 is 10.0 Å². The van der Waals surface area contributed by atoms with Crippen molar-refractivity contribution in [2.45, 2.75) is 30.9 Å². The molecule has 0 radical (unpaired) electrons. The van der Waals surface area contributed by atoms with E-state index in [4.69, 9.17) is 4.74 Å². The predicted octanol–water partition coefficient (Wildman–Crippen LogP) is 4.95. The van der Waals surface area contributed by atoms with E-state index in [9.17, 15) is 13.2 Å². The third-order valence-electron chi connectivity index (χ3n) is 5.43. The van der Waals surface area contributed by atoms with Crippen LogP contribution >= 0.6 is 11.8 Å². The molecule has 35 heavy (non-hydrogen) atoms. The normalized spacial score (nSPS) is 11.2. The van der Waals surface area contributed by atoms with Gasteiger partial charge in [-0.3, -0.25) is 9.10 Å². The molecule has 0 aliphatic rings. The fourth-order valence-corrected chi connectivity index (χ4v) is 5.71. The molecule has 0 saturated heterocycles. The highest BCUT2D eigenvalue weighted by atomic mass is 32.2. The Hall–Kier alpha value is -2.97. The lowest BCUT2D eigenvalue weighted by Gasteiger charge is -2.24. The molecule has 0 heterocycles. The third kappa shape index (κ3) is 7.77. The highest BCUT2D eigenvalue weighted by molar-refractivity contribution is 7.98. The van der Waals surface area contributed by atoms with Crippen molar-refractivity contribution in [2.24, 2.45) is 0 Å². The number of anilines is 1. The average Bonchev–Trinajstić information content (AvgIpc) is 2.86. The van der Waals surface area contributed by atoms with Gasteiger partial charge in [0.2, 0.25) is 5.91 Å². The minimum absolute atomic E-state index is 0.0965. The van der Waals surface area contributed by atoms with Gasteiger partial charge >= 0.3 is 0 Å². The Balaban J connectivity index is 1.59. The SMILES string of the molecule is COc1ccc(S(=O)(=O)N(CC(=O)NCCCSCc2ccc(C)cc2)c2ccc(C)cc2)cc1. The van der Waals surface area contributed by atoms with Gasteiger partial charge < -0.3 is 10.1 Å². The Morgan fingerprint density at radius 3 is 2.11 bits per heavy atom. The molecule has 0 unspecified atom stereocenters. The summed E-state index contributed by atoms with van der Waals surface area (Å²) in [4.78, 5) is 12.8. The molecule has 6 nitrogen and oxygen atoms in total. The zero-order chi connectivity index (χ0) is 25.3. The monoisotopic (exact) mass is 512 g/mol. The molecule has 0 bridgehead atoms. The fourth-order valence-electron chi connectivity index (χ4n) is 3.36. The van der Waals surface area contributed by atoms with Gasteiger partial charge in [-0.15, -0.1) is 0 Å². The fraction of sp³-hybridized carbons (Fsp3) is 0.296. The number of nitrogens with one attached hydrogen (secondary N) is 1. The van der Waals surface area contributed by atoms with Crippen LogP contribution in [0.2, 0.25) is 0 Å². The number of thioether (sulfide) groups is 1. The van der Waals surface area contributed by atoms with Crippen molar-refractivity contribution in [3.8, 4) is 5.75 Å². The molecule has 0 fully saturated rings. The van der Waals surface area contributed by atoms with Crippen molar-refractivity contribution in [3.05, 3.63) is 89.5 Å². The quantitative estimate of drug-likeness (QED) is 0.348. The molecule has 1 N–H and O–H groups in total. The number of carbonyl (C=O) groups is 1. The standard InChI is InChI=1S/C27H32N2O4S2/c1-21-5-9-23(10-6-21)20-34-18-4-17-28-27(30)19-29(24-11-7-22(2)8-12-24)35(31,32)26-15-13-25(33-3)14-16-26/h5-16H,4,17-20H2,1-3H3,(H,28,30). The van der Waals surface area contributed by atoms with E-state index in [1.807, 2.05) is 30.8 Å². The van der Waals surface area contributed by atoms with Crippen LogP contribution in [0, 0.1) is 13.8 Å². The second-order valence-corrected chi connectivity index (χ2v) is 11.2. The number of amides is 1. The molecule has 8 heteroatoms. The van der Waals surface area contributed by atoms with Crippen LogP contribution in [0.3, 0.4) is 0 Å². The van der Waals surface area contributed by atoms with Crippen LogP contribution in [-0.2, 0) is 20.6 Å². The van der Waals surface area contributed by atoms with E-state index in [2.05, 4.69) is 36.5 Å². The molecule has 1 amide bonds. The number of hydrogen-bond acceptors (Lipinski definition) is 5. The lowest BCUT2D eigenvalue weighted by Crippen LogP contribution is -2.41. The summed E-state index contributed by atoms with van der Waals surface area (Å²) in [5, 5.41) is 2.86. The molecule has 3 aromatic carbocycles. The average molecular weight is 513 g/mol. The largest absolute Gasteiger partial charge is 0.497 e. The topological polar surface area (TPSA) is 75.7 Å². The molecule has 0 saturated carbocycles. The van der Waals surface area contributed by atoms with Crippen molar-refractivity contribution in [1.82, 2.24) is 5.32 Å². The van der Waals surface area contributed by atoms with E-state index in [0.717, 1.165) is 27.8 Å². The van der Waals surface area contributed by atoms with Crippen molar-refractivity contribution >= 4 is 33.4 Å². The summed E-state index contributed by atoms with van der Waals surface area (Å²) in [5.74, 6) is 2.05. The van der Waals surface area contributed by atoms with Gasteiger partial charge in [0.25, 0.3) is 10.0 Å². The molecule has 0 aliphatic carbocycles. The Morgan fingerprint density at radius 1 is 0.914 bits per heavy atom. The second kappa shape index (κ2) is 12.7. The second-order valence-electron chi connectivity index (χ2n) is 8.26. The van der Waals surface area contributed by atoms with Gasteiger partial charge in [-0.2, -0.15) is 11.8 Å². The number of hydrogen-bond donors (Lipinski definition) is 1. The Morgan fingerprint density at radius 2 is 1.51 bits per heavy atom. The summed E-state index contributed by atoms with van der Waals surface area (Å²) < 4.78 is 33.1. The number of methoxy groups -OCH3 is 1. The maximum atomic E-state index is 13.4. The number of sulfonamides is 1.